The lowest BCUT2D eigenvalue weighted by Crippen LogP contribution is -2.57. The summed E-state index contributed by atoms with van der Waals surface area (Å²) in [4.78, 5) is 70.0. The van der Waals surface area contributed by atoms with Crippen molar-refractivity contribution in [1.29, 1.82) is 0 Å². The van der Waals surface area contributed by atoms with Crippen LogP contribution >= 0.6 is 0 Å². The molecule has 16 heteroatoms. The van der Waals surface area contributed by atoms with E-state index in [0.29, 0.717) is 50.1 Å². The minimum Gasteiger partial charge on any atom is -0.472 e. The summed E-state index contributed by atoms with van der Waals surface area (Å²) in [5.74, 6) is -2.73. The Morgan fingerprint density at radius 1 is 1.07 bits per heavy atom. The summed E-state index contributed by atoms with van der Waals surface area (Å²) in [5, 5.41) is 2.91. The van der Waals surface area contributed by atoms with Crippen molar-refractivity contribution in [3.8, 4) is 11.9 Å². The minimum atomic E-state index is -3.89. The molecule has 6 aliphatic rings. The largest absolute Gasteiger partial charge is 0.472 e. The molecule has 5 fully saturated rings. The lowest BCUT2D eigenvalue weighted by Gasteiger charge is -2.33. The molecule has 308 valence electrons. The van der Waals surface area contributed by atoms with Gasteiger partial charge in [0.25, 0.3) is 5.91 Å². The molecule has 1 aromatic heterocycles. The topological polar surface area (TPSA) is 186 Å². The molecule has 6 atom stereocenters. The van der Waals surface area contributed by atoms with Gasteiger partial charge in [0.15, 0.2) is 0 Å². The molecule has 15 nitrogen and oxygen atoms in total. The van der Waals surface area contributed by atoms with Gasteiger partial charge in [0.05, 0.1) is 42.0 Å². The van der Waals surface area contributed by atoms with Crippen molar-refractivity contribution in [1.82, 2.24) is 29.8 Å². The quantitative estimate of drug-likeness (QED) is 0.355. The number of hydrogen-bond acceptors (Lipinski definition) is 11. The molecule has 2 saturated heterocycles. The molecule has 0 radical (unpaired) electrons. The van der Waals surface area contributed by atoms with Gasteiger partial charge in [-0.15, -0.1) is 6.58 Å². The van der Waals surface area contributed by atoms with Gasteiger partial charge in [0, 0.05) is 37.8 Å². The molecule has 57 heavy (non-hydrogen) atoms. The molecule has 3 aliphatic heterocycles. The van der Waals surface area contributed by atoms with E-state index >= 15 is 4.79 Å². The van der Waals surface area contributed by atoms with Crippen molar-refractivity contribution in [3.63, 3.8) is 0 Å². The third-order valence-electron chi connectivity index (χ3n) is 12.8. The number of amides is 4. The first kappa shape index (κ1) is 39.5. The van der Waals surface area contributed by atoms with Gasteiger partial charge in [-0.2, -0.15) is 9.97 Å². The first-order chi connectivity index (χ1) is 27.5. The van der Waals surface area contributed by atoms with Crippen LogP contribution < -0.4 is 19.5 Å². The van der Waals surface area contributed by atoms with E-state index in [9.17, 15) is 22.8 Å². The van der Waals surface area contributed by atoms with Gasteiger partial charge in [-0.1, -0.05) is 25.0 Å². The number of nitrogens with one attached hydrogen (secondary N) is 2. The van der Waals surface area contributed by atoms with Crippen molar-refractivity contribution >= 4 is 44.6 Å². The highest BCUT2D eigenvalue weighted by Gasteiger charge is 2.62. The summed E-state index contributed by atoms with van der Waals surface area (Å²) in [6.45, 7) is 7.60. The van der Waals surface area contributed by atoms with E-state index in [-0.39, 0.29) is 61.5 Å². The highest BCUT2D eigenvalue weighted by atomic mass is 32.2. The zero-order valence-corrected chi connectivity index (χ0v) is 33.5. The van der Waals surface area contributed by atoms with E-state index in [4.69, 9.17) is 14.2 Å². The molecule has 3 saturated carbocycles. The number of aryl methyl sites for hydroxylation is 1. The molecule has 0 unspecified atom stereocenters. The molecular formula is C41H54N6O9S. The van der Waals surface area contributed by atoms with Crippen LogP contribution in [0, 0.1) is 17.8 Å². The maximum atomic E-state index is 15.0. The molecule has 1 aromatic carbocycles. The van der Waals surface area contributed by atoms with Gasteiger partial charge in [-0.3, -0.25) is 23.9 Å². The summed E-state index contributed by atoms with van der Waals surface area (Å²) >= 11 is 0. The van der Waals surface area contributed by atoms with Gasteiger partial charge in [-0.25, -0.2) is 8.42 Å². The highest BCUT2D eigenvalue weighted by Crippen LogP contribution is 2.46. The fourth-order valence-electron chi connectivity index (χ4n) is 9.39. The second-order valence-corrected chi connectivity index (χ2v) is 18.6. The summed E-state index contributed by atoms with van der Waals surface area (Å²) in [7, 11) is -3.89. The lowest BCUT2D eigenvalue weighted by molar-refractivity contribution is -0.147. The molecule has 0 spiro atoms. The number of benzene rings is 1. The van der Waals surface area contributed by atoms with Gasteiger partial charge >= 0.3 is 6.01 Å². The number of fused-ring (bicyclic) bond motifs is 4. The first-order valence-electron chi connectivity index (χ1n) is 20.8. The highest BCUT2D eigenvalue weighted by molar-refractivity contribution is 7.91. The molecule has 4 amide bonds. The molecule has 8 rings (SSSR count). The molecule has 2 aromatic rings. The Morgan fingerprint density at radius 2 is 1.88 bits per heavy atom. The molecular weight excluding hydrogens is 753 g/mol. The van der Waals surface area contributed by atoms with Gasteiger partial charge in [0.1, 0.15) is 17.7 Å². The van der Waals surface area contributed by atoms with E-state index in [1.54, 1.807) is 0 Å². The third-order valence-corrected chi connectivity index (χ3v) is 14.6. The van der Waals surface area contributed by atoms with Crippen LogP contribution in [0.3, 0.4) is 0 Å². The fourth-order valence-corrected chi connectivity index (χ4v) is 10.8. The Bertz CT molecular complexity index is 2020. The Labute approximate surface area is 333 Å². The van der Waals surface area contributed by atoms with Crippen molar-refractivity contribution < 1.29 is 41.8 Å². The summed E-state index contributed by atoms with van der Waals surface area (Å²) < 4.78 is 46.3. The zero-order valence-electron chi connectivity index (χ0n) is 32.7. The van der Waals surface area contributed by atoms with Crippen LogP contribution in [0.5, 0.6) is 11.9 Å². The van der Waals surface area contributed by atoms with Gasteiger partial charge < -0.3 is 29.3 Å². The predicted octanol–water partition coefficient (Wildman–Crippen LogP) is 3.20. The fraction of sp³-hybridized carbons (Fsp3) is 0.659. The first-order valence-corrected chi connectivity index (χ1v) is 22.3. The maximum absolute atomic E-state index is 15.0. The normalized spacial score (nSPS) is 29.9. The number of aromatic nitrogens is 2. The number of carbonyl (C=O) groups is 4. The number of rotatable bonds is 9. The van der Waals surface area contributed by atoms with Crippen LogP contribution in [0.15, 0.2) is 30.9 Å². The van der Waals surface area contributed by atoms with Crippen molar-refractivity contribution in [2.24, 2.45) is 17.8 Å². The van der Waals surface area contributed by atoms with Crippen LogP contribution in [-0.4, -0.2) is 114 Å². The van der Waals surface area contributed by atoms with Crippen molar-refractivity contribution in [2.75, 3.05) is 32.9 Å². The van der Waals surface area contributed by atoms with Crippen LogP contribution in [0.2, 0.25) is 0 Å². The average Bonchev–Trinajstić information content (AvgIpc) is 3.96. The Hall–Kier alpha value is -4.31. The summed E-state index contributed by atoms with van der Waals surface area (Å²) in [6.07, 6.45) is 8.75. The SMILES string of the molecule is C=C[C@@H]1C[C@]1(NC(=O)[C@@H]1C[C@@H]2CN1C(=O)[C@H](C1CCCC1)CC(=O)N1CCC[C@@H]1COCCCc1ccc3nc(OCC)nc(c3c1)O2)C(=O)NS(=O)(=O)C1CC1. The third kappa shape index (κ3) is 8.21. The number of carbonyl (C=O) groups excluding carboxylic acids is 4. The molecule has 4 heterocycles. The van der Waals surface area contributed by atoms with E-state index < -0.39 is 56.6 Å². The number of hydrogen-bond donors (Lipinski definition) is 2. The second kappa shape index (κ2) is 16.1. The minimum absolute atomic E-state index is 0.0242. The molecule has 3 aliphatic carbocycles. The summed E-state index contributed by atoms with van der Waals surface area (Å²) in [5.41, 5.74) is 0.125. The van der Waals surface area contributed by atoms with E-state index in [2.05, 4.69) is 26.6 Å². The molecule has 4 bridgehead atoms. The van der Waals surface area contributed by atoms with Gasteiger partial charge in [0.2, 0.25) is 33.6 Å². The predicted molar refractivity (Wildman–Crippen MR) is 208 cm³/mol. The van der Waals surface area contributed by atoms with Crippen LogP contribution in [-0.2, 0) is 40.4 Å². The summed E-state index contributed by atoms with van der Waals surface area (Å²) in [6, 6.07) is 4.89. The van der Waals surface area contributed by atoms with E-state index in [1.165, 1.54) is 11.0 Å². The van der Waals surface area contributed by atoms with Crippen LogP contribution in [0.1, 0.15) is 89.5 Å². The number of ether oxygens (including phenoxy) is 3. The van der Waals surface area contributed by atoms with Crippen LogP contribution in [0.4, 0.5) is 0 Å². The van der Waals surface area contributed by atoms with Crippen LogP contribution in [0.25, 0.3) is 10.9 Å². The Morgan fingerprint density at radius 3 is 2.61 bits per heavy atom. The Kier molecular flexibility index (Phi) is 11.2. The second-order valence-electron chi connectivity index (χ2n) is 16.7. The average molecular weight is 807 g/mol. The van der Waals surface area contributed by atoms with E-state index in [1.807, 2.05) is 30.0 Å². The zero-order chi connectivity index (χ0) is 39.9. The maximum Gasteiger partial charge on any atom is 0.320 e. The Balaban J connectivity index is 1.14. The number of nitrogens with zero attached hydrogens (tertiary/aromatic N) is 4. The number of sulfonamides is 1. The smallest absolute Gasteiger partial charge is 0.320 e. The molecule has 2 N–H and O–H groups in total. The monoisotopic (exact) mass is 806 g/mol. The van der Waals surface area contributed by atoms with Gasteiger partial charge in [-0.05, 0) is 88.3 Å². The van der Waals surface area contributed by atoms with Crippen molar-refractivity contribution in [3.05, 3.63) is 36.4 Å². The van der Waals surface area contributed by atoms with Crippen molar-refractivity contribution in [2.45, 2.75) is 119 Å². The lowest BCUT2D eigenvalue weighted by atomic mass is 9.86. The van der Waals surface area contributed by atoms with E-state index in [0.717, 1.165) is 56.9 Å². The standard InChI is InChI=1S/C41H54N6O9S/c1-3-27-22-41(27,39(51)45-57(52,53)30-14-15-30)44-36(49)34-20-29-23-47(34)38(50)31(26-10-5-6-11-26)21-35(48)46-17-7-12-28(46)24-54-18-8-9-25-13-16-33-32(19-25)37(56-29)43-40(42-33)55-4-2/h3,13,16,19,26-31,34H,1,4-12,14-15,17-18,20-24H2,2H3,(H,44,49)(H,45,51)/t27-,28-,29-,31+,34+,41-/m1/s1.